The topological polar surface area (TPSA) is 55.1 Å². The molecule has 19 heavy (non-hydrogen) atoms. The van der Waals surface area contributed by atoms with Gasteiger partial charge in [-0.3, -0.25) is 4.79 Å². The molecule has 0 aromatic heterocycles. The second-order valence-electron chi connectivity index (χ2n) is 4.20. The van der Waals surface area contributed by atoms with Gasteiger partial charge in [-0.1, -0.05) is 25.1 Å². The number of nitrogen functional groups attached to an aromatic ring is 1. The summed E-state index contributed by atoms with van der Waals surface area (Å²) < 4.78 is 13.1. The quantitative estimate of drug-likeness (QED) is 0.830. The third-order valence-electron chi connectivity index (χ3n) is 2.91. The first-order valence-corrected chi connectivity index (χ1v) is 6.06. The lowest BCUT2D eigenvalue weighted by atomic mass is 10.0. The molecule has 2 aromatic carbocycles. The molecule has 0 aliphatic carbocycles. The van der Waals surface area contributed by atoms with E-state index in [0.717, 1.165) is 12.0 Å². The maximum Gasteiger partial charge on any atom is 0.255 e. The number of rotatable bonds is 3. The Kier molecular flexibility index (Phi) is 3.80. The SMILES string of the molecule is CCc1ccccc1C(=O)Nc1cc(F)ccc1N. The molecule has 0 spiro atoms. The van der Waals surface area contributed by atoms with E-state index in [9.17, 15) is 9.18 Å². The predicted molar refractivity (Wildman–Crippen MR) is 74.6 cm³/mol. The Morgan fingerprint density at radius 1 is 1.26 bits per heavy atom. The Morgan fingerprint density at radius 2 is 2.00 bits per heavy atom. The van der Waals surface area contributed by atoms with Crippen molar-refractivity contribution in [3.8, 4) is 0 Å². The summed E-state index contributed by atoms with van der Waals surface area (Å²) in [6.45, 7) is 1.97. The van der Waals surface area contributed by atoms with Crippen molar-refractivity contribution in [1.29, 1.82) is 0 Å². The zero-order chi connectivity index (χ0) is 13.8. The van der Waals surface area contributed by atoms with Gasteiger partial charge in [-0.25, -0.2) is 4.39 Å². The van der Waals surface area contributed by atoms with E-state index >= 15 is 0 Å². The van der Waals surface area contributed by atoms with E-state index in [1.54, 1.807) is 12.1 Å². The molecule has 0 heterocycles. The molecule has 1 amide bonds. The van der Waals surface area contributed by atoms with Gasteiger partial charge < -0.3 is 11.1 Å². The summed E-state index contributed by atoms with van der Waals surface area (Å²) in [4.78, 5) is 12.2. The Bertz CT molecular complexity index is 611. The molecule has 0 atom stereocenters. The van der Waals surface area contributed by atoms with E-state index in [0.29, 0.717) is 11.3 Å². The number of halogens is 1. The van der Waals surface area contributed by atoms with E-state index in [-0.39, 0.29) is 11.6 Å². The molecule has 0 fully saturated rings. The van der Waals surface area contributed by atoms with E-state index in [2.05, 4.69) is 5.32 Å². The maximum atomic E-state index is 13.1. The van der Waals surface area contributed by atoms with Gasteiger partial charge in [0.05, 0.1) is 11.4 Å². The second-order valence-corrected chi connectivity index (χ2v) is 4.20. The normalized spacial score (nSPS) is 10.2. The van der Waals surface area contributed by atoms with Crippen LogP contribution in [0.4, 0.5) is 15.8 Å². The van der Waals surface area contributed by atoms with Gasteiger partial charge in [-0.2, -0.15) is 0 Å². The van der Waals surface area contributed by atoms with E-state index < -0.39 is 5.82 Å². The first-order valence-electron chi connectivity index (χ1n) is 6.06. The Labute approximate surface area is 111 Å². The number of carbonyl (C=O) groups excluding carboxylic acids is 1. The molecule has 0 bridgehead atoms. The van der Waals surface area contributed by atoms with Gasteiger partial charge in [-0.05, 0) is 36.2 Å². The molecule has 2 aromatic rings. The van der Waals surface area contributed by atoms with Crippen LogP contribution in [0.3, 0.4) is 0 Å². The van der Waals surface area contributed by atoms with Crippen molar-refractivity contribution in [3.05, 3.63) is 59.4 Å². The Morgan fingerprint density at radius 3 is 2.74 bits per heavy atom. The molecule has 3 nitrogen and oxygen atoms in total. The molecule has 0 saturated carbocycles. The smallest absolute Gasteiger partial charge is 0.255 e. The van der Waals surface area contributed by atoms with Crippen LogP contribution in [0.2, 0.25) is 0 Å². The fourth-order valence-corrected chi connectivity index (χ4v) is 1.88. The number of anilines is 2. The van der Waals surface area contributed by atoms with Crippen molar-refractivity contribution >= 4 is 17.3 Å². The predicted octanol–water partition coefficient (Wildman–Crippen LogP) is 3.22. The molecule has 0 aliphatic heterocycles. The zero-order valence-corrected chi connectivity index (χ0v) is 10.6. The van der Waals surface area contributed by atoms with Gasteiger partial charge in [0.2, 0.25) is 0 Å². The third kappa shape index (κ3) is 2.91. The fraction of sp³-hybridized carbons (Fsp3) is 0.133. The standard InChI is InChI=1S/C15H15FN2O/c1-2-10-5-3-4-6-12(10)15(19)18-14-9-11(16)7-8-13(14)17/h3-9H,2,17H2,1H3,(H,18,19). The lowest BCUT2D eigenvalue weighted by molar-refractivity contribution is 0.102. The van der Waals surface area contributed by atoms with Gasteiger partial charge in [0, 0.05) is 5.56 Å². The van der Waals surface area contributed by atoms with E-state index in [4.69, 9.17) is 5.73 Å². The van der Waals surface area contributed by atoms with Gasteiger partial charge in [0.15, 0.2) is 0 Å². The minimum Gasteiger partial charge on any atom is -0.397 e. The Hall–Kier alpha value is -2.36. The summed E-state index contributed by atoms with van der Waals surface area (Å²) >= 11 is 0. The molecular weight excluding hydrogens is 243 g/mol. The minimum atomic E-state index is -0.437. The van der Waals surface area contributed by atoms with Crippen molar-refractivity contribution in [2.75, 3.05) is 11.1 Å². The second kappa shape index (κ2) is 5.52. The van der Waals surface area contributed by atoms with Crippen molar-refractivity contribution in [3.63, 3.8) is 0 Å². The largest absolute Gasteiger partial charge is 0.397 e. The van der Waals surface area contributed by atoms with Gasteiger partial charge in [0.25, 0.3) is 5.91 Å². The van der Waals surface area contributed by atoms with Crippen molar-refractivity contribution < 1.29 is 9.18 Å². The van der Waals surface area contributed by atoms with Crippen molar-refractivity contribution in [2.45, 2.75) is 13.3 Å². The van der Waals surface area contributed by atoms with Crippen LogP contribution in [-0.4, -0.2) is 5.91 Å². The fourth-order valence-electron chi connectivity index (χ4n) is 1.88. The summed E-state index contributed by atoms with van der Waals surface area (Å²) in [7, 11) is 0. The number of nitrogens with two attached hydrogens (primary N) is 1. The van der Waals surface area contributed by atoms with Crippen molar-refractivity contribution in [1.82, 2.24) is 0 Å². The number of hydrogen-bond donors (Lipinski definition) is 2. The summed E-state index contributed by atoms with van der Waals surface area (Å²) in [5, 5.41) is 2.64. The minimum absolute atomic E-state index is 0.283. The van der Waals surface area contributed by atoms with Gasteiger partial charge in [-0.15, -0.1) is 0 Å². The van der Waals surface area contributed by atoms with E-state index in [1.807, 2.05) is 19.1 Å². The average molecular weight is 258 g/mol. The zero-order valence-electron chi connectivity index (χ0n) is 10.6. The van der Waals surface area contributed by atoms with Crippen LogP contribution < -0.4 is 11.1 Å². The molecule has 0 saturated heterocycles. The van der Waals surface area contributed by atoms with Crippen molar-refractivity contribution in [2.24, 2.45) is 0 Å². The molecule has 0 radical (unpaired) electrons. The lowest BCUT2D eigenvalue weighted by Gasteiger charge is -2.10. The third-order valence-corrected chi connectivity index (χ3v) is 2.91. The number of amides is 1. The highest BCUT2D eigenvalue weighted by Crippen LogP contribution is 2.21. The number of carbonyl (C=O) groups is 1. The maximum absolute atomic E-state index is 13.1. The van der Waals surface area contributed by atoms with Gasteiger partial charge in [0.1, 0.15) is 5.82 Å². The van der Waals surface area contributed by atoms with Crippen LogP contribution in [0.25, 0.3) is 0 Å². The highest BCUT2D eigenvalue weighted by atomic mass is 19.1. The molecule has 2 rings (SSSR count). The molecule has 4 heteroatoms. The summed E-state index contributed by atoms with van der Waals surface area (Å²) in [5.41, 5.74) is 7.85. The number of nitrogens with one attached hydrogen (secondary N) is 1. The van der Waals surface area contributed by atoms with Crippen LogP contribution in [0.1, 0.15) is 22.8 Å². The summed E-state index contributed by atoms with van der Waals surface area (Å²) in [5.74, 6) is -0.719. The van der Waals surface area contributed by atoms with Crippen LogP contribution in [0, 0.1) is 5.82 Å². The molecule has 0 unspecified atom stereocenters. The lowest BCUT2D eigenvalue weighted by Crippen LogP contribution is -2.15. The monoisotopic (exact) mass is 258 g/mol. The van der Waals surface area contributed by atoms with Crippen LogP contribution >= 0.6 is 0 Å². The average Bonchev–Trinajstić information content (AvgIpc) is 2.42. The summed E-state index contributed by atoms with van der Waals surface area (Å²) in [6, 6.07) is 11.2. The first-order chi connectivity index (χ1) is 9.11. The number of aryl methyl sites for hydroxylation is 1. The first kappa shape index (κ1) is 13.1. The summed E-state index contributed by atoms with van der Waals surface area (Å²) in [6.07, 6.45) is 0.752. The number of benzene rings is 2. The van der Waals surface area contributed by atoms with Gasteiger partial charge >= 0.3 is 0 Å². The molecule has 3 N–H and O–H groups in total. The number of hydrogen-bond acceptors (Lipinski definition) is 2. The van der Waals surface area contributed by atoms with Crippen LogP contribution in [0.15, 0.2) is 42.5 Å². The highest BCUT2D eigenvalue weighted by molar-refractivity contribution is 6.06. The van der Waals surface area contributed by atoms with Crippen LogP contribution in [0.5, 0.6) is 0 Å². The highest BCUT2D eigenvalue weighted by Gasteiger charge is 2.11. The molecular formula is C15H15FN2O. The van der Waals surface area contributed by atoms with Crippen LogP contribution in [-0.2, 0) is 6.42 Å². The van der Waals surface area contributed by atoms with E-state index in [1.165, 1.54) is 18.2 Å². The molecule has 0 aliphatic rings. The Balaban J connectivity index is 2.28. The molecule has 98 valence electrons.